The molecule has 10 heteroatoms. The van der Waals surface area contributed by atoms with Crippen molar-refractivity contribution in [3.63, 3.8) is 0 Å². The van der Waals surface area contributed by atoms with Gasteiger partial charge in [-0.1, -0.05) is 45.0 Å². The van der Waals surface area contributed by atoms with Gasteiger partial charge in [-0.2, -0.15) is 0 Å². The number of ether oxygens (including phenoxy) is 1. The Hall–Kier alpha value is -3.30. The standard InChI is InChI=1S/C27H41N5O5/c1-26(2,3)21(29-24(35)30-31-25(36)37-27(4,5)6)23(34)32-16-10-15-20(32)22(33)28-19-14-9-12-17-11-7-8-13-18(17)19/h7-8,11,13,19-21H,9-10,12,14-16H2,1-6H3,(H,28,33)(H,31,36)(H2,29,30,35)/t19-,20+,21?/m1/s1. The molecule has 4 N–H and O–H groups in total. The van der Waals surface area contributed by atoms with Crippen LogP contribution in [0.15, 0.2) is 24.3 Å². The molecule has 0 spiro atoms. The zero-order valence-corrected chi connectivity index (χ0v) is 22.8. The molecule has 1 fully saturated rings. The lowest BCUT2D eigenvalue weighted by Crippen LogP contribution is -2.60. The number of rotatable bonds is 4. The normalized spacial score (nSPS) is 20.3. The third-order valence-electron chi connectivity index (χ3n) is 6.59. The number of amides is 5. The van der Waals surface area contributed by atoms with E-state index in [1.165, 1.54) is 5.56 Å². The van der Waals surface area contributed by atoms with Gasteiger partial charge in [0.1, 0.15) is 17.7 Å². The maximum absolute atomic E-state index is 13.7. The number of benzene rings is 1. The average molecular weight is 516 g/mol. The molecule has 5 amide bonds. The number of aryl methyl sites for hydroxylation is 1. The molecule has 1 aliphatic carbocycles. The van der Waals surface area contributed by atoms with Gasteiger partial charge in [-0.05, 0) is 69.4 Å². The number of urea groups is 1. The first-order valence-corrected chi connectivity index (χ1v) is 13.0. The zero-order valence-electron chi connectivity index (χ0n) is 22.8. The van der Waals surface area contributed by atoms with Crippen molar-refractivity contribution in [3.8, 4) is 0 Å². The van der Waals surface area contributed by atoms with Crippen molar-refractivity contribution in [3.05, 3.63) is 35.4 Å². The second-order valence-electron chi connectivity index (χ2n) is 11.9. The minimum Gasteiger partial charge on any atom is -0.443 e. The highest BCUT2D eigenvalue weighted by Crippen LogP contribution is 2.31. The topological polar surface area (TPSA) is 129 Å². The van der Waals surface area contributed by atoms with Crippen molar-refractivity contribution in [2.75, 3.05) is 6.54 Å². The lowest BCUT2D eigenvalue weighted by molar-refractivity contribution is -0.142. The summed E-state index contributed by atoms with van der Waals surface area (Å²) in [7, 11) is 0. The summed E-state index contributed by atoms with van der Waals surface area (Å²) in [5, 5.41) is 5.84. The molecule has 0 aromatic heterocycles. The van der Waals surface area contributed by atoms with E-state index >= 15 is 0 Å². The minimum absolute atomic E-state index is 0.0729. The summed E-state index contributed by atoms with van der Waals surface area (Å²) < 4.78 is 5.10. The van der Waals surface area contributed by atoms with E-state index in [0.717, 1.165) is 24.8 Å². The van der Waals surface area contributed by atoms with Gasteiger partial charge >= 0.3 is 12.1 Å². The summed E-state index contributed by atoms with van der Waals surface area (Å²) >= 11 is 0. The Balaban J connectivity index is 1.65. The lowest BCUT2D eigenvalue weighted by atomic mass is 9.85. The van der Waals surface area contributed by atoms with E-state index in [1.54, 1.807) is 25.7 Å². The molecular weight excluding hydrogens is 474 g/mol. The van der Waals surface area contributed by atoms with E-state index in [2.05, 4.69) is 33.6 Å². The van der Waals surface area contributed by atoms with Crippen molar-refractivity contribution in [1.82, 2.24) is 26.4 Å². The SMILES string of the molecule is CC(C)(C)OC(=O)NNC(=O)NC(C(=O)N1CCC[C@H]1C(=O)N[C@@H]1CCCc2ccccc21)C(C)(C)C. The van der Waals surface area contributed by atoms with Crippen LogP contribution < -0.4 is 21.5 Å². The highest BCUT2D eigenvalue weighted by atomic mass is 16.6. The van der Waals surface area contributed by atoms with Crippen molar-refractivity contribution >= 4 is 23.9 Å². The monoisotopic (exact) mass is 515 g/mol. The molecule has 1 aromatic rings. The number of nitrogens with one attached hydrogen (secondary N) is 4. The van der Waals surface area contributed by atoms with Crippen molar-refractivity contribution in [2.24, 2.45) is 5.41 Å². The fraction of sp³-hybridized carbons (Fsp3) is 0.630. The lowest BCUT2D eigenvalue weighted by Gasteiger charge is -2.36. The molecule has 10 nitrogen and oxygen atoms in total. The number of carbonyl (C=O) groups excluding carboxylic acids is 4. The van der Waals surface area contributed by atoms with E-state index in [4.69, 9.17) is 4.74 Å². The highest BCUT2D eigenvalue weighted by molar-refractivity contribution is 5.93. The molecule has 2 aliphatic rings. The first-order chi connectivity index (χ1) is 17.3. The van der Waals surface area contributed by atoms with Gasteiger partial charge in [0.25, 0.3) is 0 Å². The molecule has 1 unspecified atom stereocenters. The maximum Gasteiger partial charge on any atom is 0.426 e. The summed E-state index contributed by atoms with van der Waals surface area (Å²) in [6.07, 6.45) is 3.31. The van der Waals surface area contributed by atoms with Crippen LogP contribution in [-0.2, 0) is 20.7 Å². The Labute approximate surface area is 219 Å². The fourth-order valence-electron chi connectivity index (χ4n) is 4.87. The molecule has 0 saturated carbocycles. The molecule has 1 saturated heterocycles. The van der Waals surface area contributed by atoms with Gasteiger partial charge < -0.3 is 20.3 Å². The Kier molecular flexibility index (Phi) is 8.71. The Bertz CT molecular complexity index is 1010. The molecule has 3 atom stereocenters. The molecule has 1 aliphatic heterocycles. The summed E-state index contributed by atoms with van der Waals surface area (Å²) in [6.45, 7) is 11.1. The second kappa shape index (κ2) is 11.4. The number of carbonyl (C=O) groups is 4. The van der Waals surface area contributed by atoms with E-state index < -0.39 is 35.2 Å². The number of hydrogen-bond donors (Lipinski definition) is 4. The van der Waals surface area contributed by atoms with Gasteiger partial charge in [-0.25, -0.2) is 20.4 Å². The molecule has 204 valence electrons. The van der Waals surface area contributed by atoms with Crippen LogP contribution >= 0.6 is 0 Å². The Morgan fingerprint density at radius 3 is 2.35 bits per heavy atom. The summed E-state index contributed by atoms with van der Waals surface area (Å²) in [5.41, 5.74) is 5.42. The number of hydrazine groups is 1. The van der Waals surface area contributed by atoms with Crippen LogP contribution in [0.4, 0.5) is 9.59 Å². The van der Waals surface area contributed by atoms with Crippen LogP contribution in [0, 0.1) is 5.41 Å². The summed E-state index contributed by atoms with van der Waals surface area (Å²) in [5.74, 6) is -0.502. The highest BCUT2D eigenvalue weighted by Gasteiger charge is 2.42. The average Bonchev–Trinajstić information content (AvgIpc) is 3.29. The van der Waals surface area contributed by atoms with Crippen LogP contribution in [0.2, 0.25) is 0 Å². The molecular formula is C27H41N5O5. The van der Waals surface area contributed by atoms with Crippen LogP contribution in [0.25, 0.3) is 0 Å². The first kappa shape index (κ1) is 28.3. The quantitative estimate of drug-likeness (QED) is 0.457. The van der Waals surface area contributed by atoms with E-state index in [1.807, 2.05) is 32.9 Å². The van der Waals surface area contributed by atoms with E-state index in [9.17, 15) is 19.2 Å². The van der Waals surface area contributed by atoms with Gasteiger partial charge in [0.15, 0.2) is 0 Å². The fourth-order valence-corrected chi connectivity index (χ4v) is 4.87. The minimum atomic E-state index is -0.920. The predicted octanol–water partition coefficient (Wildman–Crippen LogP) is 3.32. The van der Waals surface area contributed by atoms with Crippen molar-refractivity contribution in [2.45, 2.75) is 97.4 Å². The molecule has 0 radical (unpaired) electrons. The second-order valence-corrected chi connectivity index (χ2v) is 11.9. The van der Waals surface area contributed by atoms with Crippen LogP contribution in [-0.4, -0.2) is 53.1 Å². The van der Waals surface area contributed by atoms with E-state index in [0.29, 0.717) is 19.4 Å². The number of fused-ring (bicyclic) bond motifs is 1. The molecule has 37 heavy (non-hydrogen) atoms. The van der Waals surface area contributed by atoms with Gasteiger partial charge in [-0.3, -0.25) is 9.59 Å². The number of likely N-dealkylation sites (tertiary alicyclic amines) is 1. The zero-order chi connectivity index (χ0) is 27.4. The predicted molar refractivity (Wildman–Crippen MR) is 139 cm³/mol. The first-order valence-electron chi connectivity index (χ1n) is 13.0. The van der Waals surface area contributed by atoms with Gasteiger partial charge in [-0.15, -0.1) is 0 Å². The van der Waals surface area contributed by atoms with Crippen molar-refractivity contribution < 1.29 is 23.9 Å². The van der Waals surface area contributed by atoms with Gasteiger partial charge in [0.05, 0.1) is 6.04 Å². The molecule has 0 bridgehead atoms. The van der Waals surface area contributed by atoms with E-state index in [-0.39, 0.29) is 17.9 Å². The molecule has 3 rings (SSSR count). The Morgan fingerprint density at radius 2 is 1.68 bits per heavy atom. The van der Waals surface area contributed by atoms with Crippen molar-refractivity contribution in [1.29, 1.82) is 0 Å². The van der Waals surface area contributed by atoms with Gasteiger partial charge in [0.2, 0.25) is 11.8 Å². The molecule has 1 heterocycles. The third-order valence-corrected chi connectivity index (χ3v) is 6.59. The summed E-state index contributed by atoms with van der Waals surface area (Å²) in [6, 6.07) is 5.81. The largest absolute Gasteiger partial charge is 0.443 e. The van der Waals surface area contributed by atoms with Crippen LogP contribution in [0.5, 0.6) is 0 Å². The Morgan fingerprint density at radius 1 is 0.973 bits per heavy atom. The third kappa shape index (κ3) is 7.60. The van der Waals surface area contributed by atoms with Gasteiger partial charge in [0, 0.05) is 6.54 Å². The van der Waals surface area contributed by atoms with Crippen LogP contribution in [0.3, 0.4) is 0 Å². The van der Waals surface area contributed by atoms with Crippen LogP contribution in [0.1, 0.15) is 84.4 Å². The number of nitrogens with zero attached hydrogens (tertiary/aromatic N) is 1. The maximum atomic E-state index is 13.7. The number of hydrogen-bond acceptors (Lipinski definition) is 5. The summed E-state index contributed by atoms with van der Waals surface area (Å²) in [4.78, 5) is 53.0. The smallest absolute Gasteiger partial charge is 0.426 e. The molecule has 1 aromatic carbocycles.